The molecule has 3 rings (SSSR count). The Balaban J connectivity index is 1.63. The molecule has 0 bridgehead atoms. The number of fused-ring (bicyclic) bond motifs is 1. The fraction of sp³-hybridized carbons (Fsp3) is 0.250. The van der Waals surface area contributed by atoms with E-state index in [-0.39, 0.29) is 5.91 Å². The van der Waals surface area contributed by atoms with E-state index in [4.69, 9.17) is 15.2 Å². The molecule has 0 aliphatic heterocycles. The summed E-state index contributed by atoms with van der Waals surface area (Å²) in [7, 11) is 3.18. The van der Waals surface area contributed by atoms with E-state index in [0.717, 1.165) is 22.0 Å². The van der Waals surface area contributed by atoms with Crippen LogP contribution >= 0.6 is 0 Å². The zero-order chi connectivity index (χ0) is 18.5. The first-order chi connectivity index (χ1) is 12.6. The summed E-state index contributed by atoms with van der Waals surface area (Å²) in [4.78, 5) is 15.6. The first-order valence-corrected chi connectivity index (χ1v) is 8.41. The molecule has 1 atom stereocenters. The molecule has 0 unspecified atom stereocenters. The second-order valence-corrected chi connectivity index (χ2v) is 6.07. The van der Waals surface area contributed by atoms with Gasteiger partial charge in [0.15, 0.2) is 0 Å². The van der Waals surface area contributed by atoms with Crippen molar-refractivity contribution in [3.8, 4) is 11.5 Å². The number of amides is 1. The van der Waals surface area contributed by atoms with Crippen LogP contribution in [0.4, 0.5) is 0 Å². The number of carbonyl (C=O) groups is 1. The van der Waals surface area contributed by atoms with Crippen molar-refractivity contribution < 1.29 is 14.3 Å². The summed E-state index contributed by atoms with van der Waals surface area (Å²) in [5, 5.41) is 3.97. The minimum Gasteiger partial charge on any atom is -0.497 e. The van der Waals surface area contributed by atoms with E-state index >= 15 is 0 Å². The molecule has 0 spiro atoms. The number of rotatable bonds is 7. The topological polar surface area (TPSA) is 89.4 Å². The lowest BCUT2D eigenvalue weighted by molar-refractivity contribution is -0.122. The van der Waals surface area contributed by atoms with Gasteiger partial charge in [0.2, 0.25) is 5.91 Å². The molecular formula is C20H23N3O3. The highest BCUT2D eigenvalue weighted by Crippen LogP contribution is 2.24. The van der Waals surface area contributed by atoms with Crippen LogP contribution in [0.5, 0.6) is 11.5 Å². The summed E-state index contributed by atoms with van der Waals surface area (Å²) in [6, 6.07) is 12.8. The van der Waals surface area contributed by atoms with Crippen LogP contribution in [0.3, 0.4) is 0 Å². The summed E-state index contributed by atoms with van der Waals surface area (Å²) in [5.74, 6) is 1.16. The monoisotopic (exact) mass is 353 g/mol. The van der Waals surface area contributed by atoms with Gasteiger partial charge in [0.05, 0.1) is 20.3 Å². The fourth-order valence-corrected chi connectivity index (χ4v) is 2.94. The molecule has 1 aromatic heterocycles. The molecule has 6 heteroatoms. The molecule has 0 saturated carbocycles. The number of para-hydroxylation sites is 1. The third-order valence-corrected chi connectivity index (χ3v) is 4.40. The number of benzene rings is 2. The van der Waals surface area contributed by atoms with Crippen molar-refractivity contribution in [1.29, 1.82) is 0 Å². The van der Waals surface area contributed by atoms with Gasteiger partial charge in [0.1, 0.15) is 11.5 Å². The number of ether oxygens (including phenoxy) is 2. The zero-order valence-corrected chi connectivity index (χ0v) is 14.9. The number of methoxy groups -OCH3 is 2. The van der Waals surface area contributed by atoms with Gasteiger partial charge in [0, 0.05) is 35.3 Å². The van der Waals surface area contributed by atoms with E-state index in [1.165, 1.54) is 0 Å². The molecule has 1 heterocycles. The van der Waals surface area contributed by atoms with Gasteiger partial charge in [0.25, 0.3) is 0 Å². The van der Waals surface area contributed by atoms with Gasteiger partial charge in [-0.1, -0.05) is 18.2 Å². The number of nitrogens with two attached hydrogens (primary N) is 1. The number of carbonyl (C=O) groups excluding carboxylic acids is 1. The zero-order valence-electron chi connectivity index (χ0n) is 14.9. The number of aromatic amines is 1. The number of hydrogen-bond acceptors (Lipinski definition) is 4. The molecule has 0 radical (unpaired) electrons. The minimum absolute atomic E-state index is 0.201. The molecule has 4 N–H and O–H groups in total. The van der Waals surface area contributed by atoms with Crippen molar-refractivity contribution in [2.45, 2.75) is 19.0 Å². The smallest absolute Gasteiger partial charge is 0.237 e. The van der Waals surface area contributed by atoms with E-state index < -0.39 is 6.04 Å². The second kappa shape index (κ2) is 7.93. The first kappa shape index (κ1) is 17.8. The highest BCUT2D eigenvalue weighted by molar-refractivity contribution is 5.86. The van der Waals surface area contributed by atoms with E-state index in [1.54, 1.807) is 20.3 Å². The Morgan fingerprint density at radius 1 is 1.15 bits per heavy atom. The maximum atomic E-state index is 12.4. The Morgan fingerprint density at radius 2 is 1.96 bits per heavy atom. The van der Waals surface area contributed by atoms with Crippen molar-refractivity contribution in [2.24, 2.45) is 5.73 Å². The second-order valence-electron chi connectivity index (χ2n) is 6.07. The first-order valence-electron chi connectivity index (χ1n) is 8.41. The standard InChI is InChI=1S/C20H23N3O3/c1-25-15-8-7-13(19(10-15)26-2)11-23-20(24)17(21)9-14-12-22-18-6-4-3-5-16(14)18/h3-8,10,12,17,22H,9,11,21H2,1-2H3,(H,23,24)/t17-/m1/s1. The molecule has 2 aromatic carbocycles. The summed E-state index contributed by atoms with van der Waals surface area (Å²) in [6.07, 6.45) is 2.37. The number of hydrogen-bond donors (Lipinski definition) is 3. The predicted octanol–water partition coefficient (Wildman–Crippen LogP) is 2.37. The lowest BCUT2D eigenvalue weighted by atomic mass is 10.0. The summed E-state index contributed by atoms with van der Waals surface area (Å²) in [6.45, 7) is 0.341. The quantitative estimate of drug-likeness (QED) is 0.608. The summed E-state index contributed by atoms with van der Waals surface area (Å²) >= 11 is 0. The van der Waals surface area contributed by atoms with Crippen molar-refractivity contribution in [3.05, 3.63) is 59.8 Å². The molecule has 3 aromatic rings. The molecule has 0 saturated heterocycles. The van der Waals surface area contributed by atoms with Crippen molar-refractivity contribution in [1.82, 2.24) is 10.3 Å². The summed E-state index contributed by atoms with van der Waals surface area (Å²) in [5.41, 5.74) is 9.04. The molecule has 0 aliphatic rings. The highest BCUT2D eigenvalue weighted by atomic mass is 16.5. The molecule has 136 valence electrons. The molecular weight excluding hydrogens is 330 g/mol. The van der Waals surface area contributed by atoms with Crippen LogP contribution in [0.15, 0.2) is 48.7 Å². The SMILES string of the molecule is COc1ccc(CNC(=O)[C@H](N)Cc2c[nH]c3ccccc23)c(OC)c1. The van der Waals surface area contributed by atoms with Crippen LogP contribution in [-0.2, 0) is 17.8 Å². The van der Waals surface area contributed by atoms with Crippen LogP contribution in [0.1, 0.15) is 11.1 Å². The number of aromatic nitrogens is 1. The van der Waals surface area contributed by atoms with Gasteiger partial charge in [-0.15, -0.1) is 0 Å². The maximum Gasteiger partial charge on any atom is 0.237 e. The lowest BCUT2D eigenvalue weighted by Crippen LogP contribution is -2.41. The average Bonchev–Trinajstić information content (AvgIpc) is 3.08. The minimum atomic E-state index is -0.626. The number of nitrogens with one attached hydrogen (secondary N) is 2. The Kier molecular flexibility index (Phi) is 5.43. The molecule has 0 aliphatic carbocycles. The van der Waals surface area contributed by atoms with E-state index in [0.29, 0.717) is 24.5 Å². The van der Waals surface area contributed by atoms with Gasteiger partial charge in [-0.05, 0) is 30.2 Å². The Morgan fingerprint density at radius 3 is 2.73 bits per heavy atom. The van der Waals surface area contributed by atoms with Crippen LogP contribution in [0, 0.1) is 0 Å². The highest BCUT2D eigenvalue weighted by Gasteiger charge is 2.16. The van der Waals surface area contributed by atoms with Gasteiger partial charge < -0.3 is 25.5 Å². The van der Waals surface area contributed by atoms with E-state index in [9.17, 15) is 4.79 Å². The van der Waals surface area contributed by atoms with Crippen LogP contribution in [-0.4, -0.2) is 31.2 Å². The Hall–Kier alpha value is -2.99. The van der Waals surface area contributed by atoms with E-state index in [2.05, 4.69) is 10.3 Å². The Bertz CT molecular complexity index is 904. The normalized spacial score (nSPS) is 12.0. The lowest BCUT2D eigenvalue weighted by Gasteiger charge is -2.14. The molecule has 26 heavy (non-hydrogen) atoms. The van der Waals surface area contributed by atoms with Gasteiger partial charge in [-0.3, -0.25) is 4.79 Å². The van der Waals surface area contributed by atoms with Crippen LogP contribution < -0.4 is 20.5 Å². The molecule has 1 amide bonds. The third-order valence-electron chi connectivity index (χ3n) is 4.40. The third kappa shape index (κ3) is 3.81. The van der Waals surface area contributed by atoms with E-state index in [1.807, 2.05) is 42.6 Å². The number of H-pyrrole nitrogens is 1. The molecule has 0 fully saturated rings. The Labute approximate surface area is 152 Å². The largest absolute Gasteiger partial charge is 0.497 e. The van der Waals surface area contributed by atoms with Gasteiger partial charge in [-0.2, -0.15) is 0 Å². The van der Waals surface area contributed by atoms with Crippen molar-refractivity contribution in [3.63, 3.8) is 0 Å². The van der Waals surface area contributed by atoms with Crippen LogP contribution in [0.25, 0.3) is 10.9 Å². The van der Waals surface area contributed by atoms with Crippen molar-refractivity contribution >= 4 is 16.8 Å². The molecule has 6 nitrogen and oxygen atoms in total. The predicted molar refractivity (Wildman–Crippen MR) is 101 cm³/mol. The van der Waals surface area contributed by atoms with Crippen molar-refractivity contribution in [2.75, 3.05) is 14.2 Å². The van der Waals surface area contributed by atoms with Crippen LogP contribution in [0.2, 0.25) is 0 Å². The maximum absolute atomic E-state index is 12.4. The average molecular weight is 353 g/mol. The van der Waals surface area contributed by atoms with Gasteiger partial charge in [-0.25, -0.2) is 0 Å². The fourth-order valence-electron chi connectivity index (χ4n) is 2.94. The summed E-state index contributed by atoms with van der Waals surface area (Å²) < 4.78 is 10.5. The van der Waals surface area contributed by atoms with Gasteiger partial charge >= 0.3 is 0 Å².